The number of H-pyrrole nitrogens is 1. The van der Waals surface area contributed by atoms with E-state index in [1.807, 2.05) is 6.92 Å². The molecule has 0 amide bonds. The van der Waals surface area contributed by atoms with Crippen LogP contribution in [0.2, 0.25) is 0 Å². The number of aromatic nitrogens is 3. The van der Waals surface area contributed by atoms with Crippen LogP contribution in [0.25, 0.3) is 0 Å². The number of nitrogens with two attached hydrogens (primary N) is 1. The number of aryl methyl sites for hydroxylation is 1. The largest absolute Gasteiger partial charge is 0.383 e. The molecule has 2 rings (SSSR count). The summed E-state index contributed by atoms with van der Waals surface area (Å²) in [6.07, 6.45) is 0. The number of nitrogen functional groups attached to an aromatic ring is 1. The molecule has 2 aromatic heterocycles. The molecule has 90 valence electrons. The lowest BCUT2D eigenvalue weighted by atomic mass is 10.3. The molecular weight excluding hydrogens is 238 g/mol. The lowest BCUT2D eigenvalue weighted by Crippen LogP contribution is -2.09. The van der Waals surface area contributed by atoms with Crippen molar-refractivity contribution in [3.63, 3.8) is 0 Å². The molecule has 17 heavy (non-hydrogen) atoms. The first kappa shape index (κ1) is 11.6. The molecule has 0 saturated carbocycles. The van der Waals surface area contributed by atoms with Crippen molar-refractivity contribution < 1.29 is 0 Å². The van der Waals surface area contributed by atoms with E-state index < -0.39 is 0 Å². The summed E-state index contributed by atoms with van der Waals surface area (Å²) in [6, 6.07) is 0. The second kappa shape index (κ2) is 4.54. The van der Waals surface area contributed by atoms with Crippen LogP contribution < -0.4 is 15.9 Å². The van der Waals surface area contributed by atoms with Gasteiger partial charge in [0, 0.05) is 16.6 Å². The van der Waals surface area contributed by atoms with Crippen molar-refractivity contribution in [3.8, 4) is 0 Å². The van der Waals surface area contributed by atoms with Crippen LogP contribution >= 0.6 is 11.3 Å². The third-order valence-electron chi connectivity index (χ3n) is 2.31. The zero-order valence-electron chi connectivity index (χ0n) is 9.57. The zero-order chi connectivity index (χ0) is 12.4. The number of nitrogens with zero attached hydrogens (tertiary/aromatic N) is 2. The van der Waals surface area contributed by atoms with Gasteiger partial charge in [-0.05, 0) is 13.8 Å². The molecule has 0 spiro atoms. The summed E-state index contributed by atoms with van der Waals surface area (Å²) in [5.41, 5.74) is 7.39. The number of hydrogen-bond donors (Lipinski definition) is 3. The van der Waals surface area contributed by atoms with Gasteiger partial charge in [-0.25, -0.2) is 9.97 Å². The highest BCUT2D eigenvalue weighted by molar-refractivity contribution is 7.07. The molecule has 0 bridgehead atoms. The lowest BCUT2D eigenvalue weighted by molar-refractivity contribution is 0.990. The number of anilines is 2. The van der Waals surface area contributed by atoms with Gasteiger partial charge in [-0.3, -0.25) is 4.79 Å². The van der Waals surface area contributed by atoms with E-state index in [0.29, 0.717) is 24.0 Å². The Kier molecular flexibility index (Phi) is 3.10. The Morgan fingerprint density at radius 2 is 2.24 bits per heavy atom. The fraction of sp³-hybridized carbons (Fsp3) is 0.300. The second-order valence-corrected chi connectivity index (χ2v) is 4.50. The number of hydrogen-bond acceptors (Lipinski definition) is 6. The predicted molar refractivity (Wildman–Crippen MR) is 68.2 cm³/mol. The highest BCUT2D eigenvalue weighted by Gasteiger charge is 2.06. The van der Waals surface area contributed by atoms with Gasteiger partial charge in [-0.15, -0.1) is 0 Å². The van der Waals surface area contributed by atoms with Crippen LogP contribution in [0.4, 0.5) is 11.6 Å². The van der Waals surface area contributed by atoms with Crippen molar-refractivity contribution in [3.05, 3.63) is 32.1 Å². The summed E-state index contributed by atoms with van der Waals surface area (Å²) in [5.74, 6) is 1.79. The highest BCUT2D eigenvalue weighted by atomic mass is 32.1. The van der Waals surface area contributed by atoms with Gasteiger partial charge < -0.3 is 16.0 Å². The van der Waals surface area contributed by atoms with Crippen LogP contribution in [0.5, 0.6) is 0 Å². The summed E-state index contributed by atoms with van der Waals surface area (Å²) in [4.78, 5) is 22.0. The molecule has 4 N–H and O–H groups in total. The molecule has 2 aromatic rings. The van der Waals surface area contributed by atoms with Crippen molar-refractivity contribution in [1.29, 1.82) is 0 Å². The first-order valence-electron chi connectivity index (χ1n) is 5.07. The third-order valence-corrected chi connectivity index (χ3v) is 3.03. The van der Waals surface area contributed by atoms with Crippen LogP contribution in [0.15, 0.2) is 10.2 Å². The monoisotopic (exact) mass is 251 g/mol. The van der Waals surface area contributed by atoms with Crippen LogP contribution in [0.3, 0.4) is 0 Å². The van der Waals surface area contributed by atoms with E-state index in [9.17, 15) is 4.79 Å². The van der Waals surface area contributed by atoms with E-state index in [1.54, 1.807) is 12.3 Å². The fourth-order valence-corrected chi connectivity index (χ4v) is 1.98. The average Bonchev–Trinajstić information content (AvgIpc) is 2.67. The number of thiazole rings is 1. The minimum atomic E-state index is -0.0584. The van der Waals surface area contributed by atoms with Gasteiger partial charge in [-0.1, -0.05) is 11.3 Å². The molecule has 0 radical (unpaired) electrons. The number of rotatable bonds is 3. The van der Waals surface area contributed by atoms with Gasteiger partial charge >= 0.3 is 4.87 Å². The van der Waals surface area contributed by atoms with Gasteiger partial charge in [0.2, 0.25) is 0 Å². The summed E-state index contributed by atoms with van der Waals surface area (Å²) >= 11 is 1.14. The van der Waals surface area contributed by atoms with Crippen molar-refractivity contribution in [1.82, 2.24) is 15.0 Å². The predicted octanol–water partition coefficient (Wildman–Crippen LogP) is 1.04. The van der Waals surface area contributed by atoms with Crippen LogP contribution in [-0.4, -0.2) is 15.0 Å². The van der Waals surface area contributed by atoms with E-state index in [1.165, 1.54) is 0 Å². The van der Waals surface area contributed by atoms with Crippen molar-refractivity contribution in [2.45, 2.75) is 20.4 Å². The van der Waals surface area contributed by atoms with E-state index in [2.05, 4.69) is 20.3 Å². The highest BCUT2D eigenvalue weighted by Crippen LogP contribution is 2.17. The summed E-state index contributed by atoms with van der Waals surface area (Å²) in [5, 5.41) is 4.91. The Labute approximate surface area is 102 Å². The van der Waals surface area contributed by atoms with E-state index >= 15 is 0 Å². The number of aromatic amines is 1. The zero-order valence-corrected chi connectivity index (χ0v) is 10.4. The SMILES string of the molecule is Cc1nc(N)c(C)c(NCc2csc(=O)[nH]2)n1. The van der Waals surface area contributed by atoms with Crippen LogP contribution in [-0.2, 0) is 6.54 Å². The molecule has 0 saturated heterocycles. The Bertz CT molecular complexity index is 589. The molecule has 0 aliphatic rings. The van der Waals surface area contributed by atoms with E-state index in [-0.39, 0.29) is 4.87 Å². The Morgan fingerprint density at radius 3 is 2.88 bits per heavy atom. The maximum atomic E-state index is 11.0. The molecule has 0 atom stereocenters. The molecule has 0 aliphatic carbocycles. The topological polar surface area (TPSA) is 96.7 Å². The Hall–Kier alpha value is -1.89. The summed E-state index contributed by atoms with van der Waals surface area (Å²) in [7, 11) is 0. The maximum Gasteiger partial charge on any atom is 0.304 e. The Balaban J connectivity index is 2.16. The van der Waals surface area contributed by atoms with Gasteiger partial charge in [0.05, 0.1) is 6.54 Å². The molecular formula is C10H13N5OS. The maximum absolute atomic E-state index is 11.0. The van der Waals surface area contributed by atoms with Gasteiger partial charge in [0.15, 0.2) is 0 Å². The van der Waals surface area contributed by atoms with E-state index in [4.69, 9.17) is 5.73 Å². The lowest BCUT2D eigenvalue weighted by Gasteiger charge is -2.09. The molecule has 0 aromatic carbocycles. The fourth-order valence-electron chi connectivity index (χ4n) is 1.40. The molecule has 2 heterocycles. The van der Waals surface area contributed by atoms with Crippen LogP contribution in [0, 0.1) is 13.8 Å². The van der Waals surface area contributed by atoms with Gasteiger partial charge in [0.1, 0.15) is 17.5 Å². The molecule has 7 heteroatoms. The molecule has 0 unspecified atom stereocenters. The standard InChI is InChI=1S/C10H13N5OS/c1-5-8(11)13-6(2)14-9(5)12-3-7-4-17-10(16)15-7/h4H,3H2,1-2H3,(H,15,16)(H3,11,12,13,14). The molecule has 0 aliphatic heterocycles. The first-order chi connectivity index (χ1) is 8.06. The quantitative estimate of drug-likeness (QED) is 0.757. The van der Waals surface area contributed by atoms with Crippen molar-refractivity contribution >= 4 is 23.0 Å². The van der Waals surface area contributed by atoms with Gasteiger partial charge in [0.25, 0.3) is 0 Å². The van der Waals surface area contributed by atoms with E-state index in [0.717, 1.165) is 22.6 Å². The van der Waals surface area contributed by atoms with Crippen molar-refractivity contribution in [2.24, 2.45) is 0 Å². The van der Waals surface area contributed by atoms with Crippen molar-refractivity contribution in [2.75, 3.05) is 11.1 Å². The molecule has 0 fully saturated rings. The minimum absolute atomic E-state index is 0.0584. The summed E-state index contributed by atoms with van der Waals surface area (Å²) in [6.45, 7) is 4.15. The van der Waals surface area contributed by atoms with Crippen LogP contribution in [0.1, 0.15) is 17.1 Å². The number of nitrogens with one attached hydrogen (secondary N) is 2. The Morgan fingerprint density at radius 1 is 1.47 bits per heavy atom. The smallest absolute Gasteiger partial charge is 0.304 e. The third kappa shape index (κ3) is 2.62. The molecule has 6 nitrogen and oxygen atoms in total. The normalized spacial score (nSPS) is 10.5. The second-order valence-electron chi connectivity index (χ2n) is 3.66. The first-order valence-corrected chi connectivity index (χ1v) is 5.95. The van der Waals surface area contributed by atoms with Gasteiger partial charge in [-0.2, -0.15) is 0 Å². The summed E-state index contributed by atoms with van der Waals surface area (Å²) < 4.78 is 0. The minimum Gasteiger partial charge on any atom is -0.383 e. The average molecular weight is 251 g/mol.